The van der Waals surface area contributed by atoms with Crippen molar-refractivity contribution in [3.8, 4) is 11.8 Å². The van der Waals surface area contributed by atoms with Gasteiger partial charge in [0.1, 0.15) is 5.75 Å². The molecule has 0 spiro atoms. The molecule has 0 aliphatic rings. The summed E-state index contributed by atoms with van der Waals surface area (Å²) in [6.07, 6.45) is 3.22. The summed E-state index contributed by atoms with van der Waals surface area (Å²) in [5.41, 5.74) is 5.57. The van der Waals surface area contributed by atoms with Gasteiger partial charge in [-0.15, -0.1) is 0 Å². The third-order valence-electron chi connectivity index (χ3n) is 1.86. The summed E-state index contributed by atoms with van der Waals surface area (Å²) in [6, 6.07) is 3.66. The minimum absolute atomic E-state index is 0.114. The first kappa shape index (κ1) is 11.1. The van der Waals surface area contributed by atoms with Crippen LogP contribution in [0.25, 0.3) is 0 Å². The molecule has 0 bridgehead atoms. The molecule has 17 heavy (non-hydrogen) atoms. The predicted molar refractivity (Wildman–Crippen MR) is 62.9 cm³/mol. The zero-order valence-electron chi connectivity index (χ0n) is 9.53. The average Bonchev–Trinajstić information content (AvgIpc) is 2.29. The van der Waals surface area contributed by atoms with E-state index in [1.807, 2.05) is 14.1 Å². The van der Waals surface area contributed by atoms with E-state index >= 15 is 0 Å². The zero-order valence-corrected chi connectivity index (χ0v) is 9.53. The molecule has 0 unspecified atom stereocenters. The van der Waals surface area contributed by atoms with E-state index in [0.717, 1.165) is 0 Å². The number of aromatic nitrogens is 4. The molecular weight excluding hydrogens is 220 g/mol. The normalized spacial score (nSPS) is 10.0. The minimum atomic E-state index is 0.114. The summed E-state index contributed by atoms with van der Waals surface area (Å²) in [6.45, 7) is 0. The second-order valence-electron chi connectivity index (χ2n) is 3.46. The average molecular weight is 232 g/mol. The fraction of sp³-hybridized carbons (Fsp3) is 0.200. The molecule has 0 saturated carbocycles. The maximum atomic E-state index is 5.57. The van der Waals surface area contributed by atoms with Gasteiger partial charge in [-0.1, -0.05) is 0 Å². The maximum absolute atomic E-state index is 5.57. The highest BCUT2D eigenvalue weighted by Crippen LogP contribution is 2.18. The molecule has 2 heterocycles. The topological polar surface area (TPSA) is 90.1 Å². The highest BCUT2D eigenvalue weighted by Gasteiger charge is 2.07. The van der Waals surface area contributed by atoms with E-state index in [-0.39, 0.29) is 12.0 Å². The van der Waals surface area contributed by atoms with E-state index < -0.39 is 0 Å². The van der Waals surface area contributed by atoms with Crippen molar-refractivity contribution in [2.45, 2.75) is 0 Å². The van der Waals surface area contributed by atoms with Crippen LogP contribution in [-0.2, 0) is 0 Å². The molecule has 2 aromatic heterocycles. The van der Waals surface area contributed by atoms with Crippen molar-refractivity contribution in [2.75, 3.05) is 24.7 Å². The van der Waals surface area contributed by atoms with E-state index in [1.54, 1.807) is 29.4 Å². The molecule has 7 nitrogen and oxygen atoms in total. The molecule has 0 saturated heterocycles. The van der Waals surface area contributed by atoms with Gasteiger partial charge in [0, 0.05) is 20.3 Å². The fourth-order valence-corrected chi connectivity index (χ4v) is 1.12. The molecule has 2 aromatic rings. The van der Waals surface area contributed by atoms with Crippen LogP contribution in [0.5, 0.6) is 11.8 Å². The van der Waals surface area contributed by atoms with Gasteiger partial charge in [-0.3, -0.25) is 4.98 Å². The van der Waals surface area contributed by atoms with Gasteiger partial charge in [0.05, 0.1) is 6.20 Å². The quantitative estimate of drug-likeness (QED) is 0.833. The summed E-state index contributed by atoms with van der Waals surface area (Å²) < 4.78 is 5.42. The van der Waals surface area contributed by atoms with Crippen LogP contribution in [0.3, 0.4) is 0 Å². The first-order chi connectivity index (χ1) is 8.15. The van der Waals surface area contributed by atoms with E-state index in [1.165, 1.54) is 0 Å². The van der Waals surface area contributed by atoms with Crippen LogP contribution in [0.4, 0.5) is 11.9 Å². The maximum Gasteiger partial charge on any atom is 0.328 e. The molecule has 0 fully saturated rings. The SMILES string of the molecule is CN(C)c1nc(N)nc(Oc2cccnc2)n1. The number of nitrogens with zero attached hydrogens (tertiary/aromatic N) is 5. The summed E-state index contributed by atoms with van der Waals surface area (Å²) in [4.78, 5) is 17.6. The van der Waals surface area contributed by atoms with Crippen molar-refractivity contribution >= 4 is 11.9 Å². The van der Waals surface area contributed by atoms with E-state index in [2.05, 4.69) is 19.9 Å². The van der Waals surface area contributed by atoms with Crippen LogP contribution in [0.2, 0.25) is 0 Å². The summed E-state index contributed by atoms with van der Waals surface area (Å²) in [5, 5.41) is 0. The molecule has 2 N–H and O–H groups in total. The molecule has 0 aromatic carbocycles. The lowest BCUT2D eigenvalue weighted by molar-refractivity contribution is 0.439. The van der Waals surface area contributed by atoms with Crippen molar-refractivity contribution in [2.24, 2.45) is 0 Å². The molecule has 2 rings (SSSR count). The second-order valence-corrected chi connectivity index (χ2v) is 3.46. The highest BCUT2D eigenvalue weighted by molar-refractivity contribution is 5.35. The third kappa shape index (κ3) is 2.77. The Morgan fingerprint density at radius 3 is 2.71 bits per heavy atom. The molecule has 7 heteroatoms. The van der Waals surface area contributed by atoms with Crippen LogP contribution in [-0.4, -0.2) is 34.0 Å². The first-order valence-corrected chi connectivity index (χ1v) is 4.92. The molecule has 0 amide bonds. The van der Waals surface area contributed by atoms with Crippen LogP contribution < -0.4 is 15.4 Å². The van der Waals surface area contributed by atoms with Crippen LogP contribution in [0.1, 0.15) is 0 Å². The van der Waals surface area contributed by atoms with Gasteiger partial charge in [0.15, 0.2) is 0 Å². The van der Waals surface area contributed by atoms with Gasteiger partial charge >= 0.3 is 6.01 Å². The molecule has 0 atom stereocenters. The van der Waals surface area contributed by atoms with E-state index in [4.69, 9.17) is 10.5 Å². The van der Waals surface area contributed by atoms with Gasteiger partial charge in [-0.05, 0) is 12.1 Å². The number of hydrogen-bond donors (Lipinski definition) is 1. The van der Waals surface area contributed by atoms with Crippen molar-refractivity contribution in [1.29, 1.82) is 0 Å². The molecule has 0 aliphatic carbocycles. The summed E-state index contributed by atoms with van der Waals surface area (Å²) in [5.74, 6) is 1.10. The first-order valence-electron chi connectivity index (χ1n) is 4.92. The molecule has 0 radical (unpaired) electrons. The van der Waals surface area contributed by atoms with Crippen LogP contribution in [0.15, 0.2) is 24.5 Å². The van der Waals surface area contributed by atoms with E-state index in [0.29, 0.717) is 11.7 Å². The Kier molecular flexibility index (Phi) is 2.99. The number of ether oxygens (including phenoxy) is 1. The van der Waals surface area contributed by atoms with Crippen molar-refractivity contribution in [3.05, 3.63) is 24.5 Å². The van der Waals surface area contributed by atoms with Gasteiger partial charge in [-0.2, -0.15) is 15.0 Å². The lowest BCUT2D eigenvalue weighted by atomic mass is 10.5. The number of rotatable bonds is 3. The number of nitrogen functional groups attached to an aromatic ring is 1. The Labute approximate surface area is 98.3 Å². The monoisotopic (exact) mass is 232 g/mol. The number of anilines is 2. The second kappa shape index (κ2) is 4.60. The largest absolute Gasteiger partial charge is 0.422 e. The van der Waals surface area contributed by atoms with Gasteiger partial charge in [0.2, 0.25) is 11.9 Å². The van der Waals surface area contributed by atoms with Gasteiger partial charge in [0.25, 0.3) is 0 Å². The Morgan fingerprint density at radius 1 is 1.24 bits per heavy atom. The smallest absolute Gasteiger partial charge is 0.328 e. The Morgan fingerprint density at radius 2 is 2.06 bits per heavy atom. The highest BCUT2D eigenvalue weighted by atomic mass is 16.5. The Balaban J connectivity index is 2.27. The Hall–Kier alpha value is -2.44. The zero-order chi connectivity index (χ0) is 12.3. The predicted octanol–water partition coefficient (Wildman–Crippen LogP) is 0.707. The number of hydrogen-bond acceptors (Lipinski definition) is 7. The van der Waals surface area contributed by atoms with Gasteiger partial charge < -0.3 is 15.4 Å². The fourth-order valence-electron chi connectivity index (χ4n) is 1.12. The molecule has 88 valence electrons. The lowest BCUT2D eigenvalue weighted by Crippen LogP contribution is -2.15. The van der Waals surface area contributed by atoms with E-state index in [9.17, 15) is 0 Å². The standard InChI is InChI=1S/C10H12N6O/c1-16(2)9-13-8(11)14-10(15-9)17-7-4-3-5-12-6-7/h3-6H,1-2H3,(H2,11,13,14,15). The summed E-state index contributed by atoms with van der Waals surface area (Å²) in [7, 11) is 3.62. The van der Waals surface area contributed by atoms with Crippen molar-refractivity contribution in [3.63, 3.8) is 0 Å². The lowest BCUT2D eigenvalue weighted by Gasteiger charge is -2.11. The van der Waals surface area contributed by atoms with Crippen LogP contribution in [0, 0.1) is 0 Å². The van der Waals surface area contributed by atoms with Gasteiger partial charge in [-0.25, -0.2) is 0 Å². The summed E-state index contributed by atoms with van der Waals surface area (Å²) >= 11 is 0. The molecular formula is C10H12N6O. The number of pyridine rings is 1. The molecule has 0 aliphatic heterocycles. The third-order valence-corrected chi connectivity index (χ3v) is 1.86. The minimum Gasteiger partial charge on any atom is -0.422 e. The number of nitrogens with two attached hydrogens (primary N) is 1. The van der Waals surface area contributed by atoms with Crippen molar-refractivity contribution < 1.29 is 4.74 Å². The Bertz CT molecular complexity index is 501. The van der Waals surface area contributed by atoms with Crippen molar-refractivity contribution in [1.82, 2.24) is 19.9 Å². The van der Waals surface area contributed by atoms with Crippen LogP contribution >= 0.6 is 0 Å².